The Kier molecular flexibility index (Phi) is 7.60. The second kappa shape index (κ2) is 9.25. The molecule has 1 unspecified atom stereocenters. The average molecular weight is 441 g/mol. The van der Waals surface area contributed by atoms with Gasteiger partial charge in [-0.2, -0.15) is 0 Å². The molecule has 2 rings (SSSR count). The molecule has 0 saturated carbocycles. The Labute approximate surface area is 186 Å². The van der Waals surface area contributed by atoms with Crippen molar-refractivity contribution in [3.63, 3.8) is 0 Å². The summed E-state index contributed by atoms with van der Waals surface area (Å²) in [5.41, 5.74) is 0. The zero-order valence-corrected chi connectivity index (χ0v) is 22.3. The lowest BCUT2D eigenvalue weighted by Crippen LogP contribution is -2.65. The minimum Gasteiger partial charge on any atom is -0.540 e. The second-order valence-electron chi connectivity index (χ2n) is 10.7. The molecule has 164 valence electrons. The van der Waals surface area contributed by atoms with E-state index in [0.29, 0.717) is 0 Å². The number of rotatable bonds is 7. The van der Waals surface area contributed by atoms with Crippen LogP contribution in [0.25, 0.3) is 0 Å². The van der Waals surface area contributed by atoms with Crippen LogP contribution in [-0.2, 0) is 8.85 Å². The summed E-state index contributed by atoms with van der Waals surface area (Å²) in [5, 5.41) is 2.72. The van der Waals surface area contributed by atoms with E-state index in [2.05, 4.69) is 128 Å². The molecule has 2 nitrogen and oxygen atoms in total. The Balaban J connectivity index is 2.41. The maximum absolute atomic E-state index is 6.83. The van der Waals surface area contributed by atoms with Crippen LogP contribution >= 0.6 is 0 Å². The van der Waals surface area contributed by atoms with Crippen LogP contribution in [0, 0.1) is 0 Å². The molecule has 0 aliphatic rings. The number of hydrogen-bond donors (Lipinski definition) is 0. The molecular formula is C26H40O2Si2. The highest BCUT2D eigenvalue weighted by Gasteiger charge is 2.51. The zero-order valence-electron chi connectivity index (χ0n) is 20.3. The van der Waals surface area contributed by atoms with E-state index < -0.39 is 16.6 Å². The topological polar surface area (TPSA) is 18.5 Å². The summed E-state index contributed by atoms with van der Waals surface area (Å²) in [6, 6.07) is 21.5. The smallest absolute Gasteiger partial charge is 0.319 e. The van der Waals surface area contributed by atoms with Crippen molar-refractivity contribution in [2.45, 2.75) is 77.7 Å². The van der Waals surface area contributed by atoms with E-state index in [1.54, 1.807) is 0 Å². The van der Waals surface area contributed by atoms with Gasteiger partial charge in [-0.1, -0.05) is 102 Å². The van der Waals surface area contributed by atoms with E-state index >= 15 is 0 Å². The third kappa shape index (κ3) is 5.34. The largest absolute Gasteiger partial charge is 0.540 e. The zero-order chi connectivity index (χ0) is 22.6. The molecule has 0 heterocycles. The van der Waals surface area contributed by atoms with Crippen LogP contribution in [0.2, 0.25) is 23.2 Å². The highest BCUT2D eigenvalue weighted by atomic mass is 28.4. The monoisotopic (exact) mass is 440 g/mol. The second-order valence-corrected chi connectivity index (χ2v) is 19.7. The standard InChI is InChI=1S/C26H40O2Si2/c1-22(28-29(8,9)25(2,3)4)20-21-27-30(26(5,6)7,23-16-12-10-13-17-23)24-18-14-11-15-19-24/h10-22H,1-9H3. The van der Waals surface area contributed by atoms with Crippen LogP contribution in [0.15, 0.2) is 73.0 Å². The van der Waals surface area contributed by atoms with Crippen molar-refractivity contribution >= 4 is 27.0 Å². The van der Waals surface area contributed by atoms with Gasteiger partial charge in [0.15, 0.2) is 8.32 Å². The van der Waals surface area contributed by atoms with E-state index in [4.69, 9.17) is 8.85 Å². The molecule has 0 spiro atoms. The molecule has 1 atom stereocenters. The Morgan fingerprint density at radius 1 is 0.733 bits per heavy atom. The lowest BCUT2D eigenvalue weighted by atomic mass is 10.2. The Bertz CT molecular complexity index is 776. The summed E-state index contributed by atoms with van der Waals surface area (Å²) >= 11 is 0. The van der Waals surface area contributed by atoms with Gasteiger partial charge >= 0.3 is 8.32 Å². The Hall–Kier alpha value is -1.63. The fourth-order valence-corrected chi connectivity index (χ4v) is 9.28. The SMILES string of the molecule is CC(C=CO[Si](c1ccccc1)(c1ccccc1)C(C)(C)C)O[Si](C)(C)C(C)(C)C. The van der Waals surface area contributed by atoms with Gasteiger partial charge in [0.05, 0.1) is 12.4 Å². The van der Waals surface area contributed by atoms with Crippen molar-refractivity contribution in [3.8, 4) is 0 Å². The summed E-state index contributed by atoms with van der Waals surface area (Å²) in [7, 11) is -4.37. The molecule has 2 aromatic rings. The first-order valence-electron chi connectivity index (χ1n) is 10.9. The van der Waals surface area contributed by atoms with Crippen molar-refractivity contribution in [3.05, 3.63) is 73.0 Å². The molecule has 0 fully saturated rings. The van der Waals surface area contributed by atoms with E-state index in [-0.39, 0.29) is 16.2 Å². The Morgan fingerprint density at radius 3 is 1.53 bits per heavy atom. The first kappa shape index (κ1) is 24.6. The molecule has 0 amide bonds. The third-order valence-corrected chi connectivity index (χ3v) is 15.8. The highest BCUT2D eigenvalue weighted by Crippen LogP contribution is 2.38. The van der Waals surface area contributed by atoms with Crippen molar-refractivity contribution in [1.82, 2.24) is 0 Å². The molecule has 0 N–H and O–H groups in total. The summed E-state index contributed by atoms with van der Waals surface area (Å²) in [6.07, 6.45) is 4.01. The fourth-order valence-electron chi connectivity index (χ4n) is 3.62. The lowest BCUT2D eigenvalue weighted by Gasteiger charge is -2.42. The molecular weight excluding hydrogens is 400 g/mol. The van der Waals surface area contributed by atoms with Crippen LogP contribution in [0.5, 0.6) is 0 Å². The van der Waals surface area contributed by atoms with Gasteiger partial charge in [0.2, 0.25) is 0 Å². The molecule has 0 aromatic heterocycles. The molecule has 0 aliphatic heterocycles. The normalized spacial score (nSPS) is 14.7. The Morgan fingerprint density at radius 2 is 1.17 bits per heavy atom. The molecule has 0 saturated heterocycles. The lowest BCUT2D eigenvalue weighted by molar-refractivity contribution is 0.240. The van der Waals surface area contributed by atoms with Gasteiger partial charge in [0, 0.05) is 0 Å². The summed E-state index contributed by atoms with van der Waals surface area (Å²) in [4.78, 5) is 0. The first-order chi connectivity index (χ1) is 13.8. The van der Waals surface area contributed by atoms with Gasteiger partial charge in [-0.05, 0) is 46.5 Å². The van der Waals surface area contributed by atoms with Gasteiger partial charge in [-0.25, -0.2) is 0 Å². The summed E-state index contributed by atoms with van der Waals surface area (Å²) in [5.74, 6) is 0. The average Bonchev–Trinajstić information content (AvgIpc) is 2.64. The van der Waals surface area contributed by atoms with Crippen LogP contribution in [0.3, 0.4) is 0 Å². The van der Waals surface area contributed by atoms with E-state index in [0.717, 1.165) is 0 Å². The predicted molar refractivity (Wildman–Crippen MR) is 136 cm³/mol. The minimum absolute atomic E-state index is 0.0177. The third-order valence-electron chi connectivity index (χ3n) is 6.30. The molecule has 2 aromatic carbocycles. The van der Waals surface area contributed by atoms with Crippen molar-refractivity contribution in [2.75, 3.05) is 0 Å². The van der Waals surface area contributed by atoms with Crippen molar-refractivity contribution < 1.29 is 8.85 Å². The summed E-state index contributed by atoms with van der Waals surface area (Å²) < 4.78 is 13.3. The van der Waals surface area contributed by atoms with E-state index in [9.17, 15) is 0 Å². The molecule has 0 radical (unpaired) electrons. The number of benzene rings is 2. The van der Waals surface area contributed by atoms with Crippen molar-refractivity contribution in [2.24, 2.45) is 0 Å². The van der Waals surface area contributed by atoms with Gasteiger partial charge in [0.25, 0.3) is 0 Å². The first-order valence-corrected chi connectivity index (χ1v) is 15.8. The molecule has 30 heavy (non-hydrogen) atoms. The van der Waals surface area contributed by atoms with Crippen LogP contribution < -0.4 is 10.4 Å². The van der Waals surface area contributed by atoms with E-state index in [1.807, 2.05) is 6.26 Å². The highest BCUT2D eigenvalue weighted by molar-refractivity contribution is 6.99. The van der Waals surface area contributed by atoms with Crippen molar-refractivity contribution in [1.29, 1.82) is 0 Å². The van der Waals surface area contributed by atoms with Gasteiger partial charge < -0.3 is 8.85 Å². The van der Waals surface area contributed by atoms with E-state index in [1.165, 1.54) is 10.4 Å². The quantitative estimate of drug-likeness (QED) is 0.362. The fraction of sp³-hybridized carbons (Fsp3) is 0.462. The van der Waals surface area contributed by atoms with Gasteiger partial charge in [-0.15, -0.1) is 0 Å². The maximum atomic E-state index is 6.83. The predicted octanol–water partition coefficient (Wildman–Crippen LogP) is 6.49. The number of hydrogen-bond acceptors (Lipinski definition) is 2. The minimum atomic E-state index is -2.54. The molecule has 4 heteroatoms. The molecule has 0 bridgehead atoms. The van der Waals surface area contributed by atoms with Crippen LogP contribution in [-0.4, -0.2) is 22.7 Å². The van der Waals surface area contributed by atoms with Gasteiger partial charge in [-0.3, -0.25) is 0 Å². The van der Waals surface area contributed by atoms with Crippen LogP contribution in [0.4, 0.5) is 0 Å². The van der Waals surface area contributed by atoms with Crippen LogP contribution in [0.1, 0.15) is 48.5 Å². The summed E-state index contributed by atoms with van der Waals surface area (Å²) in [6.45, 7) is 20.4. The maximum Gasteiger partial charge on any atom is 0.319 e. The van der Waals surface area contributed by atoms with Gasteiger partial charge in [0.1, 0.15) is 0 Å². The molecule has 0 aliphatic carbocycles.